The fraction of sp³-hybridized carbons (Fsp3) is 1.00. The van der Waals surface area contributed by atoms with Gasteiger partial charge >= 0.3 is 0 Å². The van der Waals surface area contributed by atoms with Gasteiger partial charge in [-0.1, -0.05) is 47.0 Å². The van der Waals surface area contributed by atoms with Crippen LogP contribution in [0.1, 0.15) is 59.8 Å². The third-order valence-electron chi connectivity index (χ3n) is 1.79. The summed E-state index contributed by atoms with van der Waals surface area (Å²) >= 11 is 0. The minimum atomic E-state index is 1.25. The van der Waals surface area contributed by atoms with Gasteiger partial charge in [0.1, 0.15) is 0 Å². The lowest BCUT2D eigenvalue weighted by molar-refractivity contribution is 0.322. The normalized spacial score (nSPS) is 9.69. The summed E-state index contributed by atoms with van der Waals surface area (Å²) in [5.41, 5.74) is 0. The van der Waals surface area contributed by atoms with Gasteiger partial charge in [-0.3, -0.25) is 0 Å². The molecule has 1 heteroatoms. The molecule has 0 heterocycles. The fourth-order valence-corrected chi connectivity index (χ4v) is 0.968. The van der Waals surface area contributed by atoms with Crippen LogP contribution in [-0.4, -0.2) is 25.0 Å². The first-order chi connectivity index (χ1) is 6.22. The number of nitrogens with zero attached hydrogens (tertiary/aromatic N) is 1. The fourth-order valence-electron chi connectivity index (χ4n) is 0.968. The van der Waals surface area contributed by atoms with Crippen molar-refractivity contribution in [2.75, 3.05) is 20.1 Å². The summed E-state index contributed by atoms with van der Waals surface area (Å²) in [6.45, 7) is 11.3. The van der Waals surface area contributed by atoms with Crippen LogP contribution >= 0.6 is 0 Å². The summed E-state index contributed by atoms with van der Waals surface area (Å²) in [6.07, 6.45) is 6.58. The van der Waals surface area contributed by atoms with Crippen LogP contribution in [0.4, 0.5) is 0 Å². The van der Waals surface area contributed by atoms with Crippen LogP contribution in [0, 0.1) is 0 Å². The molecular formula is C12H29N. The molecule has 0 rings (SSSR count). The Bertz CT molecular complexity index is 63.5. The first-order valence-electron chi connectivity index (χ1n) is 5.91. The lowest BCUT2D eigenvalue weighted by Gasteiger charge is -2.14. The Hall–Kier alpha value is -0.0400. The van der Waals surface area contributed by atoms with E-state index in [0.717, 1.165) is 0 Å². The summed E-state index contributed by atoms with van der Waals surface area (Å²) in [5, 5.41) is 0. The highest BCUT2D eigenvalue weighted by Crippen LogP contribution is 1.94. The van der Waals surface area contributed by atoms with Gasteiger partial charge in [0, 0.05) is 0 Å². The molecule has 0 amide bonds. The van der Waals surface area contributed by atoms with Crippen molar-refractivity contribution in [3.8, 4) is 0 Å². The number of hydrogen-bond acceptors (Lipinski definition) is 1. The molecule has 13 heavy (non-hydrogen) atoms. The number of rotatable bonds is 6. The van der Waals surface area contributed by atoms with Crippen molar-refractivity contribution in [1.82, 2.24) is 4.90 Å². The smallest absolute Gasteiger partial charge is 0.00219 e. The monoisotopic (exact) mass is 187 g/mol. The molecule has 0 bridgehead atoms. The summed E-state index contributed by atoms with van der Waals surface area (Å²) in [6, 6.07) is 0. The maximum Gasteiger partial charge on any atom is -0.00219 e. The van der Waals surface area contributed by atoms with Gasteiger partial charge in [-0.2, -0.15) is 0 Å². The van der Waals surface area contributed by atoms with E-state index in [4.69, 9.17) is 0 Å². The third-order valence-corrected chi connectivity index (χ3v) is 1.79. The molecule has 0 aliphatic heterocycles. The maximum atomic E-state index is 2.42. The van der Waals surface area contributed by atoms with Gasteiger partial charge in [0.15, 0.2) is 0 Å². The average molecular weight is 187 g/mol. The molecule has 0 aliphatic rings. The van der Waals surface area contributed by atoms with E-state index in [-0.39, 0.29) is 0 Å². The molecule has 82 valence electrons. The lowest BCUT2D eigenvalue weighted by atomic mass is 10.3. The van der Waals surface area contributed by atoms with E-state index in [1.807, 2.05) is 0 Å². The van der Waals surface area contributed by atoms with Gasteiger partial charge in [0.2, 0.25) is 0 Å². The Morgan fingerprint density at radius 2 is 1.08 bits per heavy atom. The van der Waals surface area contributed by atoms with E-state index in [2.05, 4.69) is 39.6 Å². The molecule has 0 fully saturated rings. The van der Waals surface area contributed by atoms with Crippen molar-refractivity contribution < 1.29 is 0 Å². The highest BCUT2D eigenvalue weighted by molar-refractivity contribution is 4.49. The average Bonchev–Trinajstić information content (AvgIpc) is 2.12. The summed E-state index contributed by atoms with van der Waals surface area (Å²) in [5.74, 6) is 0. The van der Waals surface area contributed by atoms with Crippen molar-refractivity contribution in [2.45, 2.75) is 59.8 Å². The van der Waals surface area contributed by atoms with E-state index in [1.54, 1.807) is 0 Å². The Labute approximate surface area is 85.5 Å². The second-order valence-corrected chi connectivity index (χ2v) is 3.72. The molecule has 0 spiro atoms. The van der Waals surface area contributed by atoms with Crippen LogP contribution in [-0.2, 0) is 0 Å². The second-order valence-electron chi connectivity index (χ2n) is 3.72. The quantitative estimate of drug-likeness (QED) is 0.609. The standard InChI is InChI=1S/C9H21N.C3H8/c1-4-6-8-10(3)9-7-5-2;1-3-2/h4-9H2,1-3H3;3H2,1-2H3. The van der Waals surface area contributed by atoms with Gasteiger partial charge in [-0.15, -0.1) is 0 Å². The Kier molecular flexibility index (Phi) is 17.2. The highest BCUT2D eigenvalue weighted by Gasteiger charge is 1.94. The van der Waals surface area contributed by atoms with Crippen molar-refractivity contribution in [1.29, 1.82) is 0 Å². The van der Waals surface area contributed by atoms with E-state index >= 15 is 0 Å². The molecule has 0 aromatic rings. The molecular weight excluding hydrogens is 158 g/mol. The predicted octanol–water partition coefficient (Wildman–Crippen LogP) is 3.93. The summed E-state index contributed by atoms with van der Waals surface area (Å²) in [7, 11) is 2.21. The molecule has 0 saturated carbocycles. The van der Waals surface area contributed by atoms with Crippen molar-refractivity contribution in [3.63, 3.8) is 0 Å². The van der Waals surface area contributed by atoms with Crippen molar-refractivity contribution >= 4 is 0 Å². The van der Waals surface area contributed by atoms with Crippen molar-refractivity contribution in [3.05, 3.63) is 0 Å². The van der Waals surface area contributed by atoms with Gasteiger partial charge in [0.25, 0.3) is 0 Å². The minimum Gasteiger partial charge on any atom is -0.306 e. The van der Waals surface area contributed by atoms with Gasteiger partial charge in [-0.05, 0) is 33.0 Å². The topological polar surface area (TPSA) is 3.24 Å². The second kappa shape index (κ2) is 14.5. The molecule has 1 nitrogen and oxygen atoms in total. The Morgan fingerprint density at radius 1 is 0.769 bits per heavy atom. The SMILES string of the molecule is CCC.CCCCN(C)CCCC. The van der Waals surface area contributed by atoms with E-state index in [0.29, 0.717) is 0 Å². The first kappa shape index (κ1) is 15.4. The largest absolute Gasteiger partial charge is 0.306 e. The zero-order valence-corrected chi connectivity index (χ0v) is 10.4. The van der Waals surface area contributed by atoms with Gasteiger partial charge in [-0.25, -0.2) is 0 Å². The lowest BCUT2D eigenvalue weighted by Crippen LogP contribution is -2.20. The van der Waals surface area contributed by atoms with Crippen LogP contribution < -0.4 is 0 Å². The minimum absolute atomic E-state index is 1.25. The van der Waals surface area contributed by atoms with E-state index < -0.39 is 0 Å². The molecule has 0 aromatic heterocycles. The van der Waals surface area contributed by atoms with Crippen LogP contribution in [0.15, 0.2) is 0 Å². The Balaban J connectivity index is 0. The molecule has 0 radical (unpaired) electrons. The molecule has 0 unspecified atom stereocenters. The first-order valence-corrected chi connectivity index (χ1v) is 5.91. The van der Waals surface area contributed by atoms with Gasteiger partial charge < -0.3 is 4.90 Å². The summed E-state index contributed by atoms with van der Waals surface area (Å²) in [4.78, 5) is 2.42. The zero-order chi connectivity index (χ0) is 10.5. The number of hydrogen-bond donors (Lipinski definition) is 0. The van der Waals surface area contributed by atoms with Crippen LogP contribution in [0.3, 0.4) is 0 Å². The van der Waals surface area contributed by atoms with E-state index in [1.165, 1.54) is 45.2 Å². The van der Waals surface area contributed by atoms with Crippen LogP contribution in [0.25, 0.3) is 0 Å². The van der Waals surface area contributed by atoms with Crippen LogP contribution in [0.5, 0.6) is 0 Å². The molecule has 0 atom stereocenters. The maximum absolute atomic E-state index is 2.42. The molecule has 0 saturated heterocycles. The Morgan fingerprint density at radius 3 is 1.31 bits per heavy atom. The molecule has 0 aromatic carbocycles. The van der Waals surface area contributed by atoms with Gasteiger partial charge in [0.05, 0.1) is 0 Å². The molecule has 0 N–H and O–H groups in total. The zero-order valence-electron chi connectivity index (χ0n) is 10.4. The summed E-state index contributed by atoms with van der Waals surface area (Å²) < 4.78 is 0. The van der Waals surface area contributed by atoms with Crippen molar-refractivity contribution in [2.24, 2.45) is 0 Å². The van der Waals surface area contributed by atoms with E-state index in [9.17, 15) is 0 Å². The predicted molar refractivity (Wildman–Crippen MR) is 63.3 cm³/mol. The third kappa shape index (κ3) is 18.7. The molecule has 0 aliphatic carbocycles. The highest BCUT2D eigenvalue weighted by atomic mass is 15.1. The number of unbranched alkanes of at least 4 members (excludes halogenated alkanes) is 2. The van der Waals surface area contributed by atoms with Crippen LogP contribution in [0.2, 0.25) is 0 Å².